The number of nitro groups is 1. The van der Waals surface area contributed by atoms with Gasteiger partial charge in [0.2, 0.25) is 0 Å². The first-order chi connectivity index (χ1) is 12.0. The van der Waals surface area contributed by atoms with Crippen LogP contribution in [0.1, 0.15) is 5.56 Å². The summed E-state index contributed by atoms with van der Waals surface area (Å²) in [5.74, 6) is -0.506. The Labute approximate surface area is 143 Å². The lowest BCUT2D eigenvalue weighted by Gasteiger charge is -2.09. The Morgan fingerprint density at radius 2 is 2.08 bits per heavy atom. The number of methoxy groups -OCH3 is 1. The molecule has 1 amide bonds. The average molecular weight is 343 g/mol. The molecule has 9 nitrogen and oxygen atoms in total. The molecule has 0 fully saturated rings. The van der Waals surface area contributed by atoms with Crippen molar-refractivity contribution in [2.45, 2.75) is 0 Å². The number of carbonyl (C=O) groups is 1. The zero-order chi connectivity index (χ0) is 18.2. The molecule has 0 bridgehead atoms. The van der Waals surface area contributed by atoms with Gasteiger partial charge < -0.3 is 15.2 Å². The summed E-state index contributed by atoms with van der Waals surface area (Å²) >= 11 is 0. The van der Waals surface area contributed by atoms with Gasteiger partial charge in [0.15, 0.2) is 0 Å². The first kappa shape index (κ1) is 17.7. The van der Waals surface area contributed by atoms with Crippen LogP contribution in [0.15, 0.2) is 47.6 Å². The molecule has 0 aliphatic heterocycles. The van der Waals surface area contributed by atoms with E-state index in [1.807, 2.05) is 0 Å². The van der Waals surface area contributed by atoms with Crippen molar-refractivity contribution in [1.82, 2.24) is 5.43 Å². The van der Waals surface area contributed by atoms with Crippen LogP contribution in [0.3, 0.4) is 0 Å². The van der Waals surface area contributed by atoms with E-state index in [-0.39, 0.29) is 6.54 Å². The molecule has 0 atom stereocenters. The van der Waals surface area contributed by atoms with Gasteiger partial charge in [-0.3, -0.25) is 14.9 Å². The second-order valence-electron chi connectivity index (χ2n) is 4.83. The fourth-order valence-corrected chi connectivity index (χ4v) is 1.94. The number of nitrogens with zero attached hydrogens (tertiary/aromatic N) is 2. The van der Waals surface area contributed by atoms with E-state index in [2.05, 4.69) is 15.8 Å². The van der Waals surface area contributed by atoms with Crippen molar-refractivity contribution >= 4 is 23.5 Å². The Hall–Kier alpha value is -3.62. The lowest BCUT2D eigenvalue weighted by molar-refractivity contribution is -0.398. The number of nitrogens with one attached hydrogen (secondary N) is 2. The molecule has 130 valence electrons. The smallest absolute Gasteiger partial charge is 0.262 e. The van der Waals surface area contributed by atoms with Crippen LogP contribution in [0.5, 0.6) is 11.5 Å². The maximum Gasteiger partial charge on any atom is 0.262 e. The summed E-state index contributed by atoms with van der Waals surface area (Å²) in [5, 5.41) is 28.6. The number of amides is 1. The summed E-state index contributed by atoms with van der Waals surface area (Å²) in [7, 11) is 1.53. The van der Waals surface area contributed by atoms with Crippen molar-refractivity contribution in [3.8, 4) is 11.5 Å². The molecule has 0 saturated carbocycles. The van der Waals surface area contributed by atoms with Crippen LogP contribution in [-0.4, -0.2) is 30.7 Å². The molecule has 2 N–H and O–H groups in total. The summed E-state index contributed by atoms with van der Waals surface area (Å²) in [5.41, 5.74) is 2.71. The first-order valence-corrected chi connectivity index (χ1v) is 7.15. The van der Waals surface area contributed by atoms with Gasteiger partial charge in [-0.15, -0.1) is 0 Å². The minimum atomic E-state index is -0.768. The number of benzene rings is 2. The number of nitro benzene ring substituents is 1. The number of ether oxygens (including phenoxy) is 1. The van der Waals surface area contributed by atoms with Crippen molar-refractivity contribution in [1.29, 1.82) is 0 Å². The van der Waals surface area contributed by atoms with E-state index in [1.54, 1.807) is 24.3 Å². The van der Waals surface area contributed by atoms with E-state index in [9.17, 15) is 20.0 Å². The number of anilines is 1. The fraction of sp³-hybridized carbons (Fsp3) is 0.125. The van der Waals surface area contributed by atoms with Gasteiger partial charge in [0.1, 0.15) is 5.75 Å². The molecule has 9 heteroatoms. The van der Waals surface area contributed by atoms with E-state index < -0.39 is 22.3 Å². The predicted molar refractivity (Wildman–Crippen MR) is 89.8 cm³/mol. The molecule has 0 aromatic heterocycles. The molecular formula is C16H15N4O5-. The number of hydrogen-bond donors (Lipinski definition) is 2. The zero-order valence-corrected chi connectivity index (χ0v) is 13.3. The number of rotatable bonds is 7. The maximum atomic E-state index is 11.7. The molecular weight excluding hydrogens is 328 g/mol. The number of hydrogen-bond acceptors (Lipinski definition) is 7. The Morgan fingerprint density at radius 3 is 2.80 bits per heavy atom. The average Bonchev–Trinajstić information content (AvgIpc) is 2.61. The largest absolute Gasteiger partial charge is 0.868 e. The SMILES string of the molecule is COc1ccccc1NCC(=O)N/N=C\c1ccc([O-])c([N+](=O)[O-])c1. The van der Waals surface area contributed by atoms with Crippen molar-refractivity contribution in [2.75, 3.05) is 19.0 Å². The maximum absolute atomic E-state index is 11.7. The van der Waals surface area contributed by atoms with Gasteiger partial charge in [-0.05, 0) is 17.9 Å². The molecule has 25 heavy (non-hydrogen) atoms. The highest BCUT2D eigenvalue weighted by atomic mass is 16.6. The second-order valence-corrected chi connectivity index (χ2v) is 4.83. The van der Waals surface area contributed by atoms with Crippen LogP contribution in [0.4, 0.5) is 11.4 Å². The molecule has 0 heterocycles. The van der Waals surface area contributed by atoms with Gasteiger partial charge in [0.25, 0.3) is 11.6 Å². The van der Waals surface area contributed by atoms with Crippen LogP contribution in [0.25, 0.3) is 0 Å². The van der Waals surface area contributed by atoms with Gasteiger partial charge in [-0.25, -0.2) is 5.43 Å². The molecule has 0 aliphatic rings. The van der Waals surface area contributed by atoms with Crippen LogP contribution < -0.4 is 20.6 Å². The third-order valence-electron chi connectivity index (χ3n) is 3.13. The Kier molecular flexibility index (Phi) is 5.88. The summed E-state index contributed by atoms with van der Waals surface area (Å²) < 4.78 is 5.15. The molecule has 0 spiro atoms. The zero-order valence-electron chi connectivity index (χ0n) is 13.3. The van der Waals surface area contributed by atoms with Crippen molar-refractivity contribution in [3.05, 3.63) is 58.1 Å². The van der Waals surface area contributed by atoms with Crippen molar-refractivity contribution in [2.24, 2.45) is 5.10 Å². The minimum absolute atomic E-state index is 0.0443. The third-order valence-corrected chi connectivity index (χ3v) is 3.13. The number of hydrazone groups is 1. The van der Waals surface area contributed by atoms with Crippen LogP contribution in [0.2, 0.25) is 0 Å². The predicted octanol–water partition coefficient (Wildman–Crippen LogP) is 1.24. The Bertz CT molecular complexity index is 807. The molecule has 2 aromatic rings. The summed E-state index contributed by atoms with van der Waals surface area (Å²) in [6.07, 6.45) is 1.22. The van der Waals surface area contributed by atoms with Crippen LogP contribution >= 0.6 is 0 Å². The molecule has 0 unspecified atom stereocenters. The molecule has 0 saturated heterocycles. The number of carbonyl (C=O) groups excluding carboxylic acids is 1. The standard InChI is InChI=1S/C16H16N4O5/c1-25-15-5-3-2-4-12(15)17-10-16(22)19-18-9-11-6-7-14(21)13(8-11)20(23)24/h2-9,17,21H,10H2,1H3,(H,19,22)/p-1/b18-9-. The first-order valence-electron chi connectivity index (χ1n) is 7.15. The normalized spacial score (nSPS) is 10.4. The van der Waals surface area contributed by atoms with Crippen LogP contribution in [-0.2, 0) is 4.79 Å². The van der Waals surface area contributed by atoms with E-state index >= 15 is 0 Å². The van der Waals surface area contributed by atoms with Crippen LogP contribution in [0, 0.1) is 10.1 Å². The van der Waals surface area contributed by atoms with Gasteiger partial charge in [-0.2, -0.15) is 5.10 Å². The molecule has 2 aromatic carbocycles. The highest BCUT2D eigenvalue weighted by Crippen LogP contribution is 2.23. The minimum Gasteiger partial charge on any atom is -0.868 e. The lowest BCUT2D eigenvalue weighted by atomic mass is 10.2. The summed E-state index contributed by atoms with van der Waals surface area (Å²) in [6.45, 7) is -0.0443. The van der Waals surface area contributed by atoms with Crippen molar-refractivity contribution < 1.29 is 19.6 Å². The summed E-state index contributed by atoms with van der Waals surface area (Å²) in [6, 6.07) is 10.7. The quantitative estimate of drug-likeness (QED) is 0.442. The van der Waals surface area contributed by atoms with E-state index in [4.69, 9.17) is 4.74 Å². The van der Waals surface area contributed by atoms with Gasteiger partial charge in [0.05, 0.1) is 30.5 Å². The molecule has 0 radical (unpaired) electrons. The topological polar surface area (TPSA) is 129 Å². The van der Waals surface area contributed by atoms with E-state index in [0.29, 0.717) is 17.0 Å². The van der Waals surface area contributed by atoms with E-state index in [0.717, 1.165) is 12.1 Å². The fourth-order valence-electron chi connectivity index (χ4n) is 1.94. The van der Waals surface area contributed by atoms with Crippen molar-refractivity contribution in [3.63, 3.8) is 0 Å². The Morgan fingerprint density at radius 1 is 1.32 bits per heavy atom. The second kappa shape index (κ2) is 8.29. The van der Waals surface area contributed by atoms with Gasteiger partial charge in [-0.1, -0.05) is 24.3 Å². The van der Waals surface area contributed by atoms with E-state index in [1.165, 1.54) is 19.4 Å². The summed E-state index contributed by atoms with van der Waals surface area (Å²) in [4.78, 5) is 21.7. The molecule has 0 aliphatic carbocycles. The third kappa shape index (κ3) is 4.93. The highest BCUT2D eigenvalue weighted by molar-refractivity contribution is 5.85. The van der Waals surface area contributed by atoms with Gasteiger partial charge >= 0.3 is 0 Å². The monoisotopic (exact) mass is 343 g/mol. The number of para-hydroxylation sites is 2. The highest BCUT2D eigenvalue weighted by Gasteiger charge is 2.07. The lowest BCUT2D eigenvalue weighted by Crippen LogP contribution is -2.26. The molecule has 2 rings (SSSR count). The van der Waals surface area contributed by atoms with Gasteiger partial charge in [0, 0.05) is 11.6 Å². The Balaban J connectivity index is 1.90.